The van der Waals surface area contributed by atoms with Crippen LogP contribution in [0.1, 0.15) is 26.7 Å². The van der Waals surface area contributed by atoms with Gasteiger partial charge < -0.3 is 15.1 Å². The Morgan fingerprint density at radius 3 is 2.75 bits per heavy atom. The van der Waals surface area contributed by atoms with Gasteiger partial charge in [0.2, 0.25) is 0 Å². The van der Waals surface area contributed by atoms with E-state index in [-0.39, 0.29) is 0 Å². The fourth-order valence-electron chi connectivity index (χ4n) is 2.03. The molecular formula is C13H29N3. The maximum atomic E-state index is 3.45. The van der Waals surface area contributed by atoms with Crippen LogP contribution in [0.5, 0.6) is 0 Å². The Kier molecular flexibility index (Phi) is 7.01. The third kappa shape index (κ3) is 6.46. The Morgan fingerprint density at radius 2 is 2.00 bits per heavy atom. The molecule has 1 aliphatic heterocycles. The van der Waals surface area contributed by atoms with Gasteiger partial charge in [-0.2, -0.15) is 0 Å². The molecule has 0 aliphatic carbocycles. The monoisotopic (exact) mass is 227 g/mol. The zero-order valence-electron chi connectivity index (χ0n) is 11.3. The normalized spacial score (nSPS) is 19.3. The molecule has 0 bridgehead atoms. The lowest BCUT2D eigenvalue weighted by Crippen LogP contribution is -2.36. The maximum absolute atomic E-state index is 3.45. The summed E-state index contributed by atoms with van der Waals surface area (Å²) in [6, 6.07) is 0. The van der Waals surface area contributed by atoms with Gasteiger partial charge in [-0.05, 0) is 45.4 Å². The lowest BCUT2D eigenvalue weighted by molar-refractivity contribution is 0.229. The minimum Gasteiger partial charge on any atom is -0.315 e. The van der Waals surface area contributed by atoms with Gasteiger partial charge in [0.25, 0.3) is 0 Å². The molecule has 16 heavy (non-hydrogen) atoms. The van der Waals surface area contributed by atoms with E-state index in [0.29, 0.717) is 0 Å². The Bertz CT molecular complexity index is 163. The first kappa shape index (κ1) is 13.9. The number of hydrogen-bond donors (Lipinski definition) is 1. The summed E-state index contributed by atoms with van der Waals surface area (Å²) in [5.74, 6) is 0.824. The summed E-state index contributed by atoms with van der Waals surface area (Å²) in [6.07, 6.45) is 2.62. The predicted octanol–water partition coefficient (Wildman–Crippen LogP) is 1.26. The molecule has 96 valence electrons. The zero-order valence-corrected chi connectivity index (χ0v) is 11.3. The lowest BCUT2D eigenvalue weighted by atomic mass is 10.1. The smallest absolute Gasteiger partial charge is 0.0110 e. The SMILES string of the molecule is CC(C)CCN(C)CCN1CCCNCC1. The second kappa shape index (κ2) is 8.04. The van der Waals surface area contributed by atoms with E-state index in [0.717, 1.165) is 12.5 Å². The van der Waals surface area contributed by atoms with E-state index >= 15 is 0 Å². The average molecular weight is 227 g/mol. The van der Waals surface area contributed by atoms with Gasteiger partial charge in [-0.1, -0.05) is 13.8 Å². The van der Waals surface area contributed by atoms with E-state index in [4.69, 9.17) is 0 Å². The van der Waals surface area contributed by atoms with Crippen LogP contribution in [0.2, 0.25) is 0 Å². The Balaban J connectivity index is 2.07. The van der Waals surface area contributed by atoms with E-state index in [9.17, 15) is 0 Å². The molecule has 1 heterocycles. The molecule has 1 aliphatic rings. The van der Waals surface area contributed by atoms with Crippen molar-refractivity contribution in [1.29, 1.82) is 0 Å². The van der Waals surface area contributed by atoms with Crippen LogP contribution < -0.4 is 5.32 Å². The molecule has 0 aromatic carbocycles. The second-order valence-electron chi connectivity index (χ2n) is 5.43. The number of nitrogens with zero attached hydrogens (tertiary/aromatic N) is 2. The highest BCUT2D eigenvalue weighted by Gasteiger charge is 2.09. The molecule has 0 atom stereocenters. The molecular weight excluding hydrogens is 198 g/mol. The van der Waals surface area contributed by atoms with Crippen molar-refractivity contribution >= 4 is 0 Å². The van der Waals surface area contributed by atoms with Crippen molar-refractivity contribution in [2.24, 2.45) is 5.92 Å². The summed E-state index contributed by atoms with van der Waals surface area (Å²) in [7, 11) is 2.25. The molecule has 0 amide bonds. The molecule has 0 radical (unpaired) electrons. The van der Waals surface area contributed by atoms with Gasteiger partial charge in [-0.25, -0.2) is 0 Å². The Labute approximate surface area is 101 Å². The Morgan fingerprint density at radius 1 is 1.19 bits per heavy atom. The van der Waals surface area contributed by atoms with Gasteiger partial charge in [0.05, 0.1) is 0 Å². The van der Waals surface area contributed by atoms with Gasteiger partial charge in [0, 0.05) is 26.2 Å². The van der Waals surface area contributed by atoms with Gasteiger partial charge in [-0.15, -0.1) is 0 Å². The highest BCUT2D eigenvalue weighted by molar-refractivity contribution is 4.67. The number of nitrogens with one attached hydrogen (secondary N) is 1. The topological polar surface area (TPSA) is 18.5 Å². The van der Waals surface area contributed by atoms with Crippen LogP contribution in [-0.2, 0) is 0 Å². The third-order valence-electron chi connectivity index (χ3n) is 3.32. The first-order valence-electron chi connectivity index (χ1n) is 6.80. The highest BCUT2D eigenvalue weighted by Crippen LogP contribution is 2.01. The lowest BCUT2D eigenvalue weighted by Gasteiger charge is -2.24. The van der Waals surface area contributed by atoms with Crippen LogP contribution in [0, 0.1) is 5.92 Å². The van der Waals surface area contributed by atoms with E-state index < -0.39 is 0 Å². The molecule has 1 rings (SSSR count). The number of hydrogen-bond acceptors (Lipinski definition) is 3. The van der Waals surface area contributed by atoms with Gasteiger partial charge >= 0.3 is 0 Å². The summed E-state index contributed by atoms with van der Waals surface area (Å²) in [5.41, 5.74) is 0. The zero-order chi connectivity index (χ0) is 11.8. The molecule has 1 fully saturated rings. The minimum absolute atomic E-state index is 0.824. The maximum Gasteiger partial charge on any atom is 0.0110 e. The van der Waals surface area contributed by atoms with Crippen LogP contribution in [-0.4, -0.2) is 62.7 Å². The quantitative estimate of drug-likeness (QED) is 0.737. The Hall–Kier alpha value is -0.120. The fourth-order valence-corrected chi connectivity index (χ4v) is 2.03. The largest absolute Gasteiger partial charge is 0.315 e. The molecule has 0 spiro atoms. The van der Waals surface area contributed by atoms with Crippen molar-refractivity contribution in [1.82, 2.24) is 15.1 Å². The van der Waals surface area contributed by atoms with Crippen molar-refractivity contribution in [3.05, 3.63) is 0 Å². The fraction of sp³-hybridized carbons (Fsp3) is 1.00. The molecule has 0 aromatic heterocycles. The van der Waals surface area contributed by atoms with Gasteiger partial charge in [0.1, 0.15) is 0 Å². The van der Waals surface area contributed by atoms with E-state index in [1.807, 2.05) is 0 Å². The van der Waals surface area contributed by atoms with Crippen molar-refractivity contribution in [3.8, 4) is 0 Å². The summed E-state index contributed by atoms with van der Waals surface area (Å²) < 4.78 is 0. The molecule has 0 aromatic rings. The molecule has 3 heteroatoms. The van der Waals surface area contributed by atoms with Crippen LogP contribution in [0.25, 0.3) is 0 Å². The van der Waals surface area contributed by atoms with Gasteiger partial charge in [0.15, 0.2) is 0 Å². The van der Waals surface area contributed by atoms with E-state index in [2.05, 4.69) is 36.0 Å². The highest BCUT2D eigenvalue weighted by atomic mass is 15.2. The van der Waals surface area contributed by atoms with Crippen LogP contribution in [0.4, 0.5) is 0 Å². The molecule has 3 nitrogen and oxygen atoms in total. The van der Waals surface area contributed by atoms with E-state index in [1.54, 1.807) is 0 Å². The molecule has 0 unspecified atom stereocenters. The number of likely N-dealkylation sites (N-methyl/N-ethyl adjacent to an activating group) is 1. The summed E-state index contributed by atoms with van der Waals surface area (Å²) in [4.78, 5) is 5.06. The van der Waals surface area contributed by atoms with Crippen LogP contribution >= 0.6 is 0 Å². The standard InChI is InChI=1S/C13H29N3/c1-13(2)5-9-15(3)11-12-16-8-4-6-14-7-10-16/h13-14H,4-12H2,1-3H3. The predicted molar refractivity (Wildman–Crippen MR) is 70.9 cm³/mol. The summed E-state index contributed by atoms with van der Waals surface area (Å²) in [5, 5.41) is 3.45. The molecule has 0 saturated carbocycles. The van der Waals surface area contributed by atoms with Crippen LogP contribution in [0.15, 0.2) is 0 Å². The first-order valence-corrected chi connectivity index (χ1v) is 6.80. The molecule has 1 N–H and O–H groups in total. The summed E-state index contributed by atoms with van der Waals surface area (Å²) in [6.45, 7) is 13.1. The van der Waals surface area contributed by atoms with Crippen molar-refractivity contribution in [2.75, 3.05) is 52.9 Å². The van der Waals surface area contributed by atoms with Gasteiger partial charge in [-0.3, -0.25) is 0 Å². The van der Waals surface area contributed by atoms with Crippen molar-refractivity contribution in [2.45, 2.75) is 26.7 Å². The average Bonchev–Trinajstić information content (AvgIpc) is 2.51. The van der Waals surface area contributed by atoms with E-state index in [1.165, 1.54) is 52.1 Å². The molecule has 1 saturated heterocycles. The van der Waals surface area contributed by atoms with Crippen LogP contribution in [0.3, 0.4) is 0 Å². The first-order chi connectivity index (χ1) is 7.68. The third-order valence-corrected chi connectivity index (χ3v) is 3.32. The summed E-state index contributed by atoms with van der Waals surface area (Å²) >= 11 is 0. The number of rotatable bonds is 6. The minimum atomic E-state index is 0.824. The van der Waals surface area contributed by atoms with Crippen molar-refractivity contribution in [3.63, 3.8) is 0 Å². The second-order valence-corrected chi connectivity index (χ2v) is 5.43. The van der Waals surface area contributed by atoms with Crippen molar-refractivity contribution < 1.29 is 0 Å².